The lowest BCUT2D eigenvalue weighted by atomic mass is 10.1. The largest absolute Gasteiger partial charge is 0.392 e. The normalized spacial score (nSPS) is 16.2. The molecule has 0 aliphatic heterocycles. The number of halogens is 2. The summed E-state index contributed by atoms with van der Waals surface area (Å²) in [5, 5.41) is 0.166. The van der Waals surface area contributed by atoms with Gasteiger partial charge in [-0.1, -0.05) is 48.8 Å². The van der Waals surface area contributed by atoms with Crippen LogP contribution in [0.3, 0.4) is 0 Å². The Hall–Kier alpha value is -0.710. The molecule has 1 aliphatic rings. The van der Waals surface area contributed by atoms with Gasteiger partial charge in [-0.25, -0.2) is 4.39 Å². The van der Waals surface area contributed by atoms with Crippen LogP contribution in [0.15, 0.2) is 18.2 Å². The second-order valence-electron chi connectivity index (χ2n) is 5.02. The van der Waals surface area contributed by atoms with E-state index in [4.69, 9.17) is 29.6 Å². The van der Waals surface area contributed by atoms with Gasteiger partial charge in [0.05, 0.1) is 10.0 Å². The number of benzene rings is 1. The smallest absolute Gasteiger partial charge is 0.146 e. The zero-order valence-electron chi connectivity index (χ0n) is 10.7. The third-order valence-electron chi connectivity index (χ3n) is 3.61. The maximum atomic E-state index is 14.0. The molecule has 1 fully saturated rings. The molecule has 0 radical (unpaired) electrons. The van der Waals surface area contributed by atoms with E-state index in [1.165, 1.54) is 12.8 Å². The van der Waals surface area contributed by atoms with Gasteiger partial charge in [-0.3, -0.25) is 4.90 Å². The highest BCUT2D eigenvalue weighted by molar-refractivity contribution is 7.80. The average molecular weight is 301 g/mol. The number of nitrogens with two attached hydrogens (primary N) is 1. The minimum Gasteiger partial charge on any atom is -0.392 e. The van der Waals surface area contributed by atoms with Crippen molar-refractivity contribution in [3.05, 3.63) is 34.6 Å². The van der Waals surface area contributed by atoms with Crippen LogP contribution >= 0.6 is 23.8 Å². The molecule has 1 aliphatic carbocycles. The maximum absolute atomic E-state index is 14.0. The first kappa shape index (κ1) is 14.7. The molecule has 0 bridgehead atoms. The molecule has 0 spiro atoms. The molecule has 2 nitrogen and oxygen atoms in total. The Morgan fingerprint density at radius 1 is 1.42 bits per heavy atom. The third-order valence-corrected chi connectivity index (χ3v) is 4.03. The van der Waals surface area contributed by atoms with Gasteiger partial charge in [-0.15, -0.1) is 0 Å². The minimum absolute atomic E-state index is 0.166. The van der Waals surface area contributed by atoms with Gasteiger partial charge < -0.3 is 5.73 Å². The van der Waals surface area contributed by atoms with E-state index >= 15 is 0 Å². The van der Waals surface area contributed by atoms with E-state index in [0.717, 1.165) is 12.8 Å². The van der Waals surface area contributed by atoms with Crippen LogP contribution in [0.4, 0.5) is 4.39 Å². The van der Waals surface area contributed by atoms with Crippen LogP contribution in [-0.2, 0) is 6.54 Å². The van der Waals surface area contributed by atoms with Gasteiger partial charge in [0.15, 0.2) is 0 Å². The fourth-order valence-electron chi connectivity index (χ4n) is 2.67. The molecule has 1 aromatic carbocycles. The predicted octanol–water partition coefficient (Wildman–Crippen LogP) is 3.51. The van der Waals surface area contributed by atoms with E-state index in [1.807, 2.05) is 0 Å². The van der Waals surface area contributed by atoms with Crippen LogP contribution in [0.25, 0.3) is 0 Å². The molecule has 1 aromatic rings. The molecule has 0 saturated heterocycles. The first-order valence-electron chi connectivity index (χ1n) is 6.53. The Balaban J connectivity index is 2.14. The van der Waals surface area contributed by atoms with Crippen molar-refractivity contribution in [3.8, 4) is 0 Å². The van der Waals surface area contributed by atoms with Crippen molar-refractivity contribution in [2.45, 2.75) is 38.3 Å². The summed E-state index contributed by atoms with van der Waals surface area (Å²) < 4.78 is 14.0. The van der Waals surface area contributed by atoms with Crippen LogP contribution in [0.2, 0.25) is 5.02 Å². The Morgan fingerprint density at radius 2 is 2.11 bits per heavy atom. The first-order chi connectivity index (χ1) is 9.08. The van der Waals surface area contributed by atoms with Crippen LogP contribution in [0.1, 0.15) is 31.2 Å². The number of hydrogen-bond donors (Lipinski definition) is 1. The SMILES string of the molecule is NC(=S)CN(Cc1cccc(Cl)c1F)C1CCCC1. The van der Waals surface area contributed by atoms with Gasteiger partial charge in [0.2, 0.25) is 0 Å². The first-order valence-corrected chi connectivity index (χ1v) is 7.32. The molecule has 104 valence electrons. The van der Waals surface area contributed by atoms with E-state index in [9.17, 15) is 4.39 Å². The minimum atomic E-state index is -0.338. The lowest BCUT2D eigenvalue weighted by Crippen LogP contribution is -2.39. The van der Waals surface area contributed by atoms with Crippen molar-refractivity contribution in [1.82, 2.24) is 4.90 Å². The molecule has 0 amide bonds. The van der Waals surface area contributed by atoms with Gasteiger partial charge >= 0.3 is 0 Å². The summed E-state index contributed by atoms with van der Waals surface area (Å²) in [5.41, 5.74) is 6.26. The molecular weight excluding hydrogens is 283 g/mol. The summed E-state index contributed by atoms with van der Waals surface area (Å²) in [7, 11) is 0. The quantitative estimate of drug-likeness (QED) is 0.844. The Bertz CT molecular complexity index is 461. The molecule has 5 heteroatoms. The van der Waals surface area contributed by atoms with Crippen molar-refractivity contribution in [3.63, 3.8) is 0 Å². The summed E-state index contributed by atoms with van der Waals surface area (Å²) in [6, 6.07) is 5.55. The van der Waals surface area contributed by atoms with Crippen molar-refractivity contribution in [2.75, 3.05) is 6.54 Å². The molecule has 0 heterocycles. The molecule has 0 unspecified atom stereocenters. The van der Waals surface area contributed by atoms with Crippen molar-refractivity contribution in [1.29, 1.82) is 0 Å². The van der Waals surface area contributed by atoms with Crippen LogP contribution < -0.4 is 5.73 Å². The molecule has 2 N–H and O–H groups in total. The molecule has 19 heavy (non-hydrogen) atoms. The van der Waals surface area contributed by atoms with E-state index in [1.54, 1.807) is 18.2 Å². The molecular formula is C14H18ClFN2S. The lowest BCUT2D eigenvalue weighted by Gasteiger charge is -2.28. The van der Waals surface area contributed by atoms with Crippen molar-refractivity contribution >= 4 is 28.8 Å². The number of thiocarbonyl (C=S) groups is 1. The number of hydrogen-bond acceptors (Lipinski definition) is 2. The third kappa shape index (κ3) is 3.88. The second kappa shape index (κ2) is 6.64. The van der Waals surface area contributed by atoms with E-state index < -0.39 is 0 Å². The summed E-state index contributed by atoms with van der Waals surface area (Å²) in [5.74, 6) is -0.338. The van der Waals surface area contributed by atoms with Crippen LogP contribution in [0, 0.1) is 5.82 Å². The fourth-order valence-corrected chi connectivity index (χ4v) is 3.03. The predicted molar refractivity (Wildman–Crippen MR) is 80.9 cm³/mol. The van der Waals surface area contributed by atoms with E-state index in [0.29, 0.717) is 29.7 Å². The number of rotatable bonds is 5. The summed E-state index contributed by atoms with van der Waals surface area (Å²) >= 11 is 10.8. The van der Waals surface area contributed by atoms with Gasteiger partial charge in [-0.2, -0.15) is 0 Å². The Morgan fingerprint density at radius 3 is 2.74 bits per heavy atom. The van der Waals surface area contributed by atoms with Gasteiger partial charge in [0.25, 0.3) is 0 Å². The molecule has 2 rings (SSSR count). The Kier molecular flexibility index (Phi) is 5.13. The fraction of sp³-hybridized carbons (Fsp3) is 0.500. The van der Waals surface area contributed by atoms with Crippen molar-refractivity contribution in [2.24, 2.45) is 5.73 Å². The monoisotopic (exact) mass is 300 g/mol. The molecule has 1 saturated carbocycles. The maximum Gasteiger partial charge on any atom is 0.146 e. The van der Waals surface area contributed by atoms with E-state index in [-0.39, 0.29) is 10.8 Å². The highest BCUT2D eigenvalue weighted by Gasteiger charge is 2.24. The van der Waals surface area contributed by atoms with Crippen LogP contribution in [0.5, 0.6) is 0 Å². The van der Waals surface area contributed by atoms with Gasteiger partial charge in [0, 0.05) is 24.7 Å². The second-order valence-corrected chi connectivity index (χ2v) is 5.95. The highest BCUT2D eigenvalue weighted by Crippen LogP contribution is 2.26. The zero-order chi connectivity index (χ0) is 13.8. The van der Waals surface area contributed by atoms with Gasteiger partial charge in [-0.05, 0) is 18.9 Å². The van der Waals surface area contributed by atoms with Gasteiger partial charge in [0.1, 0.15) is 5.82 Å². The molecule has 0 atom stereocenters. The number of nitrogens with zero attached hydrogens (tertiary/aromatic N) is 1. The average Bonchev–Trinajstić information content (AvgIpc) is 2.87. The zero-order valence-corrected chi connectivity index (χ0v) is 12.3. The topological polar surface area (TPSA) is 29.3 Å². The lowest BCUT2D eigenvalue weighted by molar-refractivity contribution is 0.216. The summed E-state index contributed by atoms with van der Waals surface area (Å²) in [6.07, 6.45) is 4.70. The molecule has 0 aromatic heterocycles. The summed E-state index contributed by atoms with van der Waals surface area (Å²) in [6.45, 7) is 1.04. The van der Waals surface area contributed by atoms with Crippen molar-refractivity contribution < 1.29 is 4.39 Å². The standard InChI is InChI=1S/C14H18ClFN2S/c15-12-7-3-4-10(14(12)16)8-18(9-13(17)19)11-5-1-2-6-11/h3-4,7,11H,1-2,5-6,8-9H2,(H2,17,19). The summed E-state index contributed by atoms with van der Waals surface area (Å²) in [4.78, 5) is 2.62. The van der Waals surface area contributed by atoms with E-state index in [2.05, 4.69) is 4.90 Å². The van der Waals surface area contributed by atoms with Crippen LogP contribution in [-0.4, -0.2) is 22.5 Å². The highest BCUT2D eigenvalue weighted by atomic mass is 35.5. The Labute approximate surface area is 123 Å².